The van der Waals surface area contributed by atoms with Crippen molar-refractivity contribution >= 4 is 33.3 Å². The molecule has 0 saturated carbocycles. The highest BCUT2D eigenvalue weighted by molar-refractivity contribution is 9.10. The Bertz CT molecular complexity index is 1860. The summed E-state index contributed by atoms with van der Waals surface area (Å²) >= 11 is 3.63. The van der Waals surface area contributed by atoms with E-state index in [2.05, 4.69) is 54.6 Å². The summed E-state index contributed by atoms with van der Waals surface area (Å²) < 4.78 is 72.3. The number of rotatable bonds is 5. The van der Waals surface area contributed by atoms with Gasteiger partial charge in [-0.2, -0.15) is 37.0 Å². The van der Waals surface area contributed by atoms with E-state index in [9.17, 15) is 26.7 Å². The molecule has 4 aliphatic heterocycles. The molecule has 11 nitrogen and oxygen atoms in total. The smallest absolute Gasteiger partial charge is 0.417 e. The lowest BCUT2D eigenvalue weighted by Crippen LogP contribution is -2.43. The summed E-state index contributed by atoms with van der Waals surface area (Å²) in [6.45, 7) is 10.0. The minimum absolute atomic E-state index is 0.0833. The molecule has 0 spiro atoms. The molecule has 53 heavy (non-hydrogen) atoms. The second-order valence-electron chi connectivity index (χ2n) is 13.0. The van der Waals surface area contributed by atoms with Gasteiger partial charge in [0, 0.05) is 43.4 Å². The SMILES string of the molecule is C=C(F)F.CC#Cc1cc(N)ccc1C(F)(F)F.CNC(=O)c1nn2c(c1Br)CN(c1nc(OCC34CCCN3CCC4)nc3c1COCC3)CCC2. The van der Waals surface area contributed by atoms with Gasteiger partial charge in [-0.3, -0.25) is 14.4 Å². The minimum atomic E-state index is -4.38. The average molecular weight is 810 g/mol. The molecule has 1 aromatic carbocycles. The number of fused-ring (bicyclic) bond motifs is 3. The molecule has 3 N–H and O–H groups in total. The van der Waals surface area contributed by atoms with Gasteiger partial charge in [0.2, 0.25) is 0 Å². The van der Waals surface area contributed by atoms with Crippen LogP contribution in [0.25, 0.3) is 0 Å². The average Bonchev–Trinajstić information content (AvgIpc) is 3.73. The molecule has 2 saturated heterocycles. The number of nitrogens with one attached hydrogen (secondary N) is 1. The molecule has 2 fully saturated rings. The zero-order chi connectivity index (χ0) is 38.3. The first kappa shape index (κ1) is 39.9. The van der Waals surface area contributed by atoms with Gasteiger partial charge < -0.3 is 25.4 Å². The second kappa shape index (κ2) is 17.3. The number of aromatic nitrogens is 4. The van der Waals surface area contributed by atoms with Crippen LogP contribution < -0.4 is 20.7 Å². The number of carbonyl (C=O) groups excluding carboxylic acids is 1. The van der Waals surface area contributed by atoms with Crippen LogP contribution in [0.1, 0.15) is 77.6 Å². The van der Waals surface area contributed by atoms with E-state index in [1.165, 1.54) is 57.8 Å². The molecule has 0 radical (unpaired) electrons. The monoisotopic (exact) mass is 808 g/mol. The Hall–Kier alpha value is -4.27. The van der Waals surface area contributed by atoms with Crippen molar-refractivity contribution in [1.82, 2.24) is 30.0 Å². The van der Waals surface area contributed by atoms with E-state index >= 15 is 0 Å². The van der Waals surface area contributed by atoms with Gasteiger partial charge in [-0.05, 0) is 92.8 Å². The third-order valence-electron chi connectivity index (χ3n) is 9.54. The van der Waals surface area contributed by atoms with E-state index in [0.717, 1.165) is 59.2 Å². The van der Waals surface area contributed by atoms with Crippen LogP contribution >= 0.6 is 15.9 Å². The number of nitrogen functional groups attached to an aromatic ring is 1. The number of aryl methyl sites for hydroxylation is 1. The van der Waals surface area contributed by atoms with Crippen molar-refractivity contribution in [2.45, 2.75) is 76.9 Å². The fourth-order valence-electron chi connectivity index (χ4n) is 7.15. The third-order valence-corrected chi connectivity index (χ3v) is 10.4. The second-order valence-corrected chi connectivity index (χ2v) is 13.8. The van der Waals surface area contributed by atoms with Crippen LogP contribution in [0, 0.1) is 11.8 Å². The molecule has 6 heterocycles. The number of hydrogen-bond donors (Lipinski definition) is 2. The summed E-state index contributed by atoms with van der Waals surface area (Å²) in [5.41, 5.74) is 8.41. The van der Waals surface area contributed by atoms with Crippen LogP contribution in [-0.2, 0) is 37.0 Å². The van der Waals surface area contributed by atoms with Gasteiger partial charge in [-0.25, -0.2) is 0 Å². The quantitative estimate of drug-likeness (QED) is 0.173. The fraction of sp³-hybridized carbons (Fsp3) is 0.500. The number of hydrogen-bond acceptors (Lipinski definition) is 9. The van der Waals surface area contributed by atoms with Crippen molar-refractivity contribution in [1.29, 1.82) is 0 Å². The first-order valence-electron chi connectivity index (χ1n) is 17.2. The van der Waals surface area contributed by atoms with E-state index in [1.807, 2.05) is 4.68 Å². The van der Waals surface area contributed by atoms with E-state index < -0.39 is 17.8 Å². The molecule has 0 unspecified atom stereocenters. The number of benzene rings is 1. The highest BCUT2D eigenvalue weighted by Crippen LogP contribution is 2.39. The number of ether oxygens (including phenoxy) is 2. The number of amides is 1. The first-order chi connectivity index (χ1) is 25.3. The molecule has 0 bridgehead atoms. The predicted octanol–water partition coefficient (Wildman–Crippen LogP) is 6.34. The summed E-state index contributed by atoms with van der Waals surface area (Å²) in [5.74, 6) is 5.47. The van der Waals surface area contributed by atoms with Crippen molar-refractivity contribution < 1.29 is 36.2 Å². The Balaban J connectivity index is 0.000000251. The minimum Gasteiger partial charge on any atom is -0.461 e. The van der Waals surface area contributed by atoms with Crippen molar-refractivity contribution in [3.63, 3.8) is 0 Å². The van der Waals surface area contributed by atoms with E-state index in [-0.39, 0.29) is 22.7 Å². The topological polar surface area (TPSA) is 124 Å². The molecular formula is C36H42BrF5N8O3. The number of anilines is 2. The number of nitrogens with zero attached hydrogens (tertiary/aromatic N) is 6. The number of halogens is 6. The number of carbonyl (C=O) groups is 1. The molecule has 2 aromatic heterocycles. The molecule has 286 valence electrons. The molecule has 1 amide bonds. The Morgan fingerprint density at radius 3 is 2.53 bits per heavy atom. The summed E-state index contributed by atoms with van der Waals surface area (Å²) in [6.07, 6.45) is 0.299. The maximum atomic E-state index is 12.4. The van der Waals surface area contributed by atoms with Gasteiger partial charge >= 0.3 is 12.2 Å². The van der Waals surface area contributed by atoms with Gasteiger partial charge in [-0.15, -0.1) is 5.92 Å². The van der Waals surface area contributed by atoms with Crippen molar-refractivity contribution in [3.8, 4) is 17.9 Å². The largest absolute Gasteiger partial charge is 0.461 e. The lowest BCUT2D eigenvalue weighted by molar-refractivity contribution is -0.137. The molecule has 17 heteroatoms. The van der Waals surface area contributed by atoms with Crippen LogP contribution in [0.2, 0.25) is 0 Å². The highest BCUT2D eigenvalue weighted by atomic mass is 79.9. The Labute approximate surface area is 313 Å². The maximum absolute atomic E-state index is 12.4. The summed E-state index contributed by atoms with van der Waals surface area (Å²) in [7, 11) is 1.62. The predicted molar refractivity (Wildman–Crippen MR) is 192 cm³/mol. The highest BCUT2D eigenvalue weighted by Gasteiger charge is 2.45. The third kappa shape index (κ3) is 9.46. The summed E-state index contributed by atoms with van der Waals surface area (Å²) in [6, 6.07) is 3.84. The zero-order valence-electron chi connectivity index (χ0n) is 29.6. The van der Waals surface area contributed by atoms with Gasteiger partial charge in [-0.1, -0.05) is 5.92 Å². The number of nitrogens with two attached hydrogens (primary N) is 1. The van der Waals surface area contributed by atoms with Gasteiger partial charge in [0.05, 0.1) is 46.7 Å². The van der Waals surface area contributed by atoms with Crippen molar-refractivity contribution in [2.24, 2.45) is 0 Å². The van der Waals surface area contributed by atoms with Crippen molar-refractivity contribution in [3.05, 3.63) is 69.1 Å². The summed E-state index contributed by atoms with van der Waals surface area (Å²) in [5, 5.41) is 7.24. The maximum Gasteiger partial charge on any atom is 0.417 e. The Morgan fingerprint density at radius 2 is 1.87 bits per heavy atom. The molecule has 0 aliphatic carbocycles. The Kier molecular flexibility index (Phi) is 13.0. The molecule has 3 aromatic rings. The Morgan fingerprint density at radius 1 is 1.15 bits per heavy atom. The van der Waals surface area contributed by atoms with Gasteiger partial charge in [0.15, 0.2) is 5.69 Å². The van der Waals surface area contributed by atoms with Gasteiger partial charge in [0.25, 0.3) is 12.0 Å². The molecular weight excluding hydrogens is 767 g/mol. The molecule has 7 rings (SSSR count). The van der Waals surface area contributed by atoms with Crippen LogP contribution in [0.15, 0.2) is 35.3 Å². The lowest BCUT2D eigenvalue weighted by atomic mass is 9.95. The normalized spacial score (nSPS) is 17.3. The number of alkyl halides is 3. The molecule has 4 aliphatic rings. The molecule has 0 atom stereocenters. The van der Waals surface area contributed by atoms with E-state index in [0.29, 0.717) is 38.1 Å². The van der Waals surface area contributed by atoms with Crippen LogP contribution in [0.4, 0.5) is 33.5 Å². The van der Waals surface area contributed by atoms with Crippen LogP contribution in [-0.4, -0.2) is 76.0 Å². The lowest BCUT2D eigenvalue weighted by Gasteiger charge is -2.32. The van der Waals surface area contributed by atoms with Crippen molar-refractivity contribution in [2.75, 3.05) is 50.5 Å². The van der Waals surface area contributed by atoms with E-state index in [4.69, 9.17) is 25.2 Å². The first-order valence-corrected chi connectivity index (χ1v) is 18.0. The van der Waals surface area contributed by atoms with Crippen LogP contribution in [0.5, 0.6) is 6.01 Å². The standard InChI is InChI=1S/C24H32BrN7O3.C10H8F3N.C2H2F2/c1-26-22(33)20-19(25)18-13-30(8-4-11-32(18)29-20)21-16-14-34-12-5-17(16)27-23(28-21)35-15-24-6-2-9-31(24)10-3-7-24;1-2-3-7-6-8(14)4-5-9(7)10(11,12)13;1-2(3)4/h2-15H2,1H3,(H,26,33);4-6H,14H2,1H3;1H2. The van der Waals surface area contributed by atoms with Crippen LogP contribution in [0.3, 0.4) is 0 Å². The van der Waals surface area contributed by atoms with Gasteiger partial charge in [0.1, 0.15) is 12.4 Å². The van der Waals surface area contributed by atoms with E-state index in [1.54, 1.807) is 7.05 Å². The fourth-order valence-corrected chi connectivity index (χ4v) is 7.74. The summed E-state index contributed by atoms with van der Waals surface area (Å²) in [4.78, 5) is 26.9. The zero-order valence-corrected chi connectivity index (χ0v) is 31.2.